The van der Waals surface area contributed by atoms with Crippen molar-refractivity contribution in [1.29, 1.82) is 0 Å². The number of benzene rings is 2. The van der Waals surface area contributed by atoms with Gasteiger partial charge in [0, 0.05) is 67.9 Å². The Kier molecular flexibility index (Phi) is 5.90. The highest BCUT2D eigenvalue weighted by molar-refractivity contribution is 7.07. The topological polar surface area (TPSA) is 56.8 Å². The molecule has 0 radical (unpaired) electrons. The second-order valence-electron chi connectivity index (χ2n) is 8.27. The molecule has 2 aliphatic heterocycles. The molecule has 0 spiro atoms. The van der Waals surface area contributed by atoms with Gasteiger partial charge < -0.3 is 9.80 Å². The quantitative estimate of drug-likeness (QED) is 0.589. The molecule has 0 bridgehead atoms. The molecule has 2 aliphatic rings. The average Bonchev–Trinajstić information content (AvgIpc) is 3.33. The molecule has 2 fully saturated rings. The van der Waals surface area contributed by atoms with Gasteiger partial charge in [0.25, 0.3) is 11.8 Å². The van der Waals surface area contributed by atoms with Crippen LogP contribution in [0.2, 0.25) is 0 Å². The lowest BCUT2D eigenvalue weighted by atomic mass is 10.0. The molecule has 0 unspecified atom stereocenters. The van der Waals surface area contributed by atoms with E-state index in [4.69, 9.17) is 0 Å². The summed E-state index contributed by atoms with van der Waals surface area (Å²) in [6.07, 6.45) is 0. The third-order valence-corrected chi connectivity index (χ3v) is 6.88. The molecule has 1 aromatic heterocycles. The molecule has 6 nitrogen and oxygen atoms in total. The van der Waals surface area contributed by atoms with Gasteiger partial charge in [-0.1, -0.05) is 12.1 Å². The minimum atomic E-state index is -0.631. The first-order valence-electron chi connectivity index (χ1n) is 10.8. The predicted molar refractivity (Wildman–Crippen MR) is 121 cm³/mol. The van der Waals surface area contributed by atoms with E-state index in [2.05, 4.69) is 9.88 Å². The van der Waals surface area contributed by atoms with Crippen LogP contribution in [0, 0.1) is 11.6 Å². The van der Waals surface area contributed by atoms with Crippen molar-refractivity contribution in [3.8, 4) is 11.1 Å². The van der Waals surface area contributed by atoms with Crippen molar-refractivity contribution >= 4 is 23.2 Å². The van der Waals surface area contributed by atoms with Crippen LogP contribution in [0.1, 0.15) is 20.8 Å². The Morgan fingerprint density at radius 1 is 0.909 bits per heavy atom. The molecular formula is C24H22F2N4O2S. The summed E-state index contributed by atoms with van der Waals surface area (Å²) in [7, 11) is 0. The van der Waals surface area contributed by atoms with Crippen molar-refractivity contribution in [1.82, 2.24) is 19.7 Å². The largest absolute Gasteiger partial charge is 0.335 e. The number of nitrogens with zero attached hydrogens (tertiary/aromatic N) is 4. The van der Waals surface area contributed by atoms with Crippen LogP contribution in [0.5, 0.6) is 0 Å². The van der Waals surface area contributed by atoms with Gasteiger partial charge >= 0.3 is 0 Å². The van der Waals surface area contributed by atoms with Crippen molar-refractivity contribution in [3.05, 3.63) is 76.2 Å². The fourth-order valence-electron chi connectivity index (χ4n) is 4.32. The van der Waals surface area contributed by atoms with E-state index in [1.807, 2.05) is 4.90 Å². The number of rotatable bonds is 4. The number of aromatic nitrogens is 1. The molecule has 3 aromatic rings. The zero-order valence-electron chi connectivity index (χ0n) is 17.8. The molecule has 0 atom stereocenters. The van der Waals surface area contributed by atoms with Gasteiger partial charge in [0.05, 0.1) is 5.51 Å². The number of piperazine rings is 1. The van der Waals surface area contributed by atoms with Gasteiger partial charge in [-0.15, -0.1) is 11.3 Å². The van der Waals surface area contributed by atoms with Crippen molar-refractivity contribution in [2.45, 2.75) is 6.04 Å². The Morgan fingerprint density at radius 3 is 2.27 bits per heavy atom. The van der Waals surface area contributed by atoms with E-state index < -0.39 is 11.6 Å². The highest BCUT2D eigenvalue weighted by atomic mass is 32.1. The van der Waals surface area contributed by atoms with E-state index >= 15 is 0 Å². The van der Waals surface area contributed by atoms with Gasteiger partial charge in [-0.3, -0.25) is 14.5 Å². The maximum Gasteiger partial charge on any atom is 0.273 e. The number of carbonyl (C=O) groups excluding carboxylic acids is 2. The third kappa shape index (κ3) is 4.38. The van der Waals surface area contributed by atoms with Gasteiger partial charge in [0.1, 0.15) is 17.3 Å². The number of hydrogen-bond acceptors (Lipinski definition) is 5. The maximum absolute atomic E-state index is 14.0. The summed E-state index contributed by atoms with van der Waals surface area (Å²) in [5.41, 5.74) is 3.60. The Balaban J connectivity index is 1.13. The highest BCUT2D eigenvalue weighted by Gasteiger charge is 2.37. The fraction of sp³-hybridized carbons (Fsp3) is 0.292. The second kappa shape index (κ2) is 8.99. The van der Waals surface area contributed by atoms with Crippen LogP contribution in [0.4, 0.5) is 8.78 Å². The van der Waals surface area contributed by atoms with Crippen LogP contribution >= 0.6 is 11.3 Å². The Labute approximate surface area is 194 Å². The molecule has 2 aromatic carbocycles. The Hall–Kier alpha value is -3.17. The molecule has 3 heterocycles. The minimum absolute atomic E-state index is 0.0229. The van der Waals surface area contributed by atoms with Gasteiger partial charge in [-0.25, -0.2) is 13.8 Å². The standard InChI is InChI=1S/C24H22F2N4O2S/c25-18-5-6-20(21(26)11-18)16-1-3-17(4-2-16)23(31)30-12-19(13-30)28-7-9-29(10-8-28)24(32)22-14-33-15-27-22/h1-6,11,14-15,19H,7-10,12-13H2. The maximum atomic E-state index is 14.0. The average molecular weight is 469 g/mol. The molecule has 0 N–H and O–H groups in total. The molecule has 2 amide bonds. The Morgan fingerprint density at radius 2 is 1.64 bits per heavy atom. The lowest BCUT2D eigenvalue weighted by molar-refractivity contribution is 0.00844. The monoisotopic (exact) mass is 468 g/mol. The molecule has 5 rings (SSSR count). The minimum Gasteiger partial charge on any atom is -0.335 e. The lowest BCUT2D eigenvalue weighted by Crippen LogP contribution is -2.64. The highest BCUT2D eigenvalue weighted by Crippen LogP contribution is 2.25. The van der Waals surface area contributed by atoms with E-state index in [-0.39, 0.29) is 17.9 Å². The van der Waals surface area contributed by atoms with Crippen LogP contribution < -0.4 is 0 Å². The summed E-state index contributed by atoms with van der Waals surface area (Å²) in [6, 6.07) is 10.5. The van der Waals surface area contributed by atoms with Crippen molar-refractivity contribution in [2.24, 2.45) is 0 Å². The summed E-state index contributed by atoms with van der Waals surface area (Å²) in [4.78, 5) is 35.3. The molecular weight excluding hydrogens is 446 g/mol. The summed E-state index contributed by atoms with van der Waals surface area (Å²) >= 11 is 1.41. The van der Waals surface area contributed by atoms with Gasteiger partial charge in [0.15, 0.2) is 0 Å². The SMILES string of the molecule is O=C(c1ccc(-c2ccc(F)cc2F)cc1)N1CC(N2CCN(C(=O)c3cscn3)CC2)C1. The van der Waals surface area contributed by atoms with E-state index in [1.165, 1.54) is 23.5 Å². The van der Waals surface area contributed by atoms with Crippen molar-refractivity contribution in [3.63, 3.8) is 0 Å². The first kappa shape index (κ1) is 21.7. The summed E-state index contributed by atoms with van der Waals surface area (Å²) < 4.78 is 27.1. The van der Waals surface area contributed by atoms with Crippen LogP contribution in [0.15, 0.2) is 53.4 Å². The van der Waals surface area contributed by atoms with E-state index in [1.54, 1.807) is 40.1 Å². The van der Waals surface area contributed by atoms with Crippen LogP contribution in [-0.2, 0) is 0 Å². The molecule has 0 aliphatic carbocycles. The van der Waals surface area contributed by atoms with E-state index in [9.17, 15) is 18.4 Å². The normalized spacial score (nSPS) is 17.2. The smallest absolute Gasteiger partial charge is 0.273 e. The van der Waals surface area contributed by atoms with Crippen molar-refractivity contribution in [2.75, 3.05) is 39.3 Å². The van der Waals surface area contributed by atoms with Gasteiger partial charge in [0.2, 0.25) is 0 Å². The zero-order valence-corrected chi connectivity index (χ0v) is 18.6. The van der Waals surface area contributed by atoms with Crippen molar-refractivity contribution < 1.29 is 18.4 Å². The second-order valence-corrected chi connectivity index (χ2v) is 8.99. The Bertz CT molecular complexity index is 1160. The number of halogens is 2. The zero-order chi connectivity index (χ0) is 22.9. The number of hydrogen-bond donors (Lipinski definition) is 0. The molecule has 33 heavy (non-hydrogen) atoms. The lowest BCUT2D eigenvalue weighted by Gasteiger charge is -2.48. The van der Waals surface area contributed by atoms with Crippen LogP contribution in [-0.4, -0.2) is 76.8 Å². The summed E-state index contributed by atoms with van der Waals surface area (Å²) in [6.45, 7) is 4.16. The molecule has 170 valence electrons. The van der Waals surface area contributed by atoms with Gasteiger partial charge in [-0.2, -0.15) is 0 Å². The fourth-order valence-corrected chi connectivity index (χ4v) is 4.85. The molecule has 9 heteroatoms. The van der Waals surface area contributed by atoms with Crippen LogP contribution in [0.25, 0.3) is 11.1 Å². The number of amides is 2. The summed E-state index contributed by atoms with van der Waals surface area (Å²) in [5, 5.41) is 1.77. The molecule has 2 saturated heterocycles. The van der Waals surface area contributed by atoms with Gasteiger partial charge in [-0.05, 0) is 29.8 Å². The third-order valence-electron chi connectivity index (χ3n) is 6.29. The van der Waals surface area contributed by atoms with E-state index in [0.29, 0.717) is 48.6 Å². The first-order valence-corrected chi connectivity index (χ1v) is 11.7. The first-order chi connectivity index (χ1) is 16.0. The molecule has 0 saturated carbocycles. The number of likely N-dealkylation sites (tertiary alicyclic amines) is 1. The van der Waals surface area contributed by atoms with Crippen LogP contribution in [0.3, 0.4) is 0 Å². The predicted octanol–water partition coefficient (Wildman–Crippen LogP) is 3.37. The van der Waals surface area contributed by atoms with E-state index in [0.717, 1.165) is 19.2 Å². The number of carbonyl (C=O) groups is 2. The summed E-state index contributed by atoms with van der Waals surface area (Å²) in [5.74, 6) is -1.34. The number of thiazole rings is 1.